The minimum Gasteiger partial charge on any atom is -0.0622 e. The Labute approximate surface area is 56.7 Å². The van der Waals surface area contributed by atoms with Gasteiger partial charge in [0.15, 0.2) is 0 Å². The number of hydrogen-bond donors (Lipinski definition) is 0. The highest BCUT2D eigenvalue weighted by Gasteiger charge is 1.74. The molecular formula is C6H5I. The summed E-state index contributed by atoms with van der Waals surface area (Å²) in [7, 11) is 0. The van der Waals surface area contributed by atoms with E-state index in [2.05, 4.69) is 34.7 Å². The number of benzene rings is 1. The molecule has 0 amide bonds. The molecule has 0 fully saturated rings. The lowest BCUT2D eigenvalue weighted by Crippen LogP contribution is -1.61. The first-order valence-electron chi connectivity index (χ1n) is 2.10. The van der Waals surface area contributed by atoms with Crippen LogP contribution in [0.1, 0.15) is 0 Å². The second kappa shape index (κ2) is 2.31. The fourth-order valence-electron chi connectivity index (χ4n) is 0.415. The standard InChI is InChI=1S/C6H5I/c7-6-4-2-1-3-5-6/h1-5H/i7-4. The molecule has 0 aromatic heterocycles. The molecule has 0 aliphatic rings. The van der Waals surface area contributed by atoms with Crippen molar-refractivity contribution < 1.29 is 0 Å². The second-order valence-corrected chi connectivity index (χ2v) is 2.54. The highest BCUT2D eigenvalue weighted by atomic mass is 123. The van der Waals surface area contributed by atoms with E-state index in [1.54, 1.807) is 0 Å². The molecule has 0 aliphatic heterocycles. The molecule has 0 aliphatic carbocycles. The number of hydrogen-bond acceptors (Lipinski definition) is 0. The Balaban J connectivity index is 3.02. The zero-order valence-corrected chi connectivity index (χ0v) is 5.92. The Morgan fingerprint density at radius 1 is 1.00 bits per heavy atom. The zero-order chi connectivity index (χ0) is 5.11. The molecule has 1 aromatic rings. The van der Waals surface area contributed by atoms with Crippen LogP contribution in [0.5, 0.6) is 0 Å². The molecule has 0 spiro atoms. The summed E-state index contributed by atoms with van der Waals surface area (Å²) in [5.41, 5.74) is 0. The van der Waals surface area contributed by atoms with Crippen molar-refractivity contribution in [2.24, 2.45) is 0 Å². The van der Waals surface area contributed by atoms with Crippen LogP contribution < -0.4 is 0 Å². The summed E-state index contributed by atoms with van der Waals surface area (Å²) in [6.45, 7) is 0. The molecule has 0 radical (unpaired) electrons. The molecule has 0 atom stereocenters. The van der Waals surface area contributed by atoms with Gasteiger partial charge in [0.25, 0.3) is 0 Å². The fourth-order valence-corrected chi connectivity index (χ4v) is 0.830. The fraction of sp³-hybridized carbons (Fsp3) is 0. The third-order valence-electron chi connectivity index (χ3n) is 0.733. The smallest absolute Gasteiger partial charge is 0.0130 e. The summed E-state index contributed by atoms with van der Waals surface area (Å²) in [6, 6.07) is 10.2. The van der Waals surface area contributed by atoms with E-state index in [4.69, 9.17) is 0 Å². The van der Waals surface area contributed by atoms with Gasteiger partial charge in [0, 0.05) is 3.57 Å². The summed E-state index contributed by atoms with van der Waals surface area (Å²) in [5, 5.41) is 0. The largest absolute Gasteiger partial charge is 0.0622 e. The SMILES string of the molecule is [123I]c1ccccc1. The van der Waals surface area contributed by atoms with E-state index >= 15 is 0 Å². The Morgan fingerprint density at radius 3 is 1.86 bits per heavy atom. The normalized spacial score (nSPS) is 8.71. The average molecular weight is 200 g/mol. The van der Waals surface area contributed by atoms with Crippen LogP contribution in [0.4, 0.5) is 0 Å². The maximum absolute atomic E-state index is 2.28. The molecule has 0 unspecified atom stereocenters. The van der Waals surface area contributed by atoms with E-state index in [9.17, 15) is 0 Å². The lowest BCUT2D eigenvalue weighted by molar-refractivity contribution is 1.65. The van der Waals surface area contributed by atoms with Gasteiger partial charge in [-0.05, 0) is 34.7 Å². The van der Waals surface area contributed by atoms with Crippen molar-refractivity contribution in [2.75, 3.05) is 0 Å². The van der Waals surface area contributed by atoms with E-state index in [-0.39, 0.29) is 0 Å². The van der Waals surface area contributed by atoms with Crippen LogP contribution in [0, 0.1) is 3.57 Å². The predicted octanol–water partition coefficient (Wildman–Crippen LogP) is 2.29. The van der Waals surface area contributed by atoms with Gasteiger partial charge in [-0.1, -0.05) is 18.2 Å². The van der Waals surface area contributed by atoms with Crippen LogP contribution in [-0.2, 0) is 0 Å². The summed E-state index contributed by atoms with van der Waals surface area (Å²) < 4.78 is 1.29. The second-order valence-electron chi connectivity index (χ2n) is 1.30. The molecule has 0 saturated heterocycles. The average Bonchev–Trinajstić information content (AvgIpc) is 1.69. The van der Waals surface area contributed by atoms with E-state index in [1.165, 1.54) is 3.57 Å². The van der Waals surface area contributed by atoms with Gasteiger partial charge >= 0.3 is 0 Å². The molecule has 1 rings (SSSR count). The van der Waals surface area contributed by atoms with Crippen molar-refractivity contribution in [1.29, 1.82) is 0 Å². The summed E-state index contributed by atoms with van der Waals surface area (Å²) >= 11 is 2.28. The van der Waals surface area contributed by atoms with Gasteiger partial charge < -0.3 is 0 Å². The monoisotopic (exact) mass is 200 g/mol. The van der Waals surface area contributed by atoms with Crippen molar-refractivity contribution in [2.45, 2.75) is 0 Å². The maximum atomic E-state index is 2.28. The van der Waals surface area contributed by atoms with E-state index in [1.807, 2.05) is 18.2 Å². The zero-order valence-electron chi connectivity index (χ0n) is 3.76. The highest BCUT2D eigenvalue weighted by molar-refractivity contribution is 14.1. The molecule has 7 heavy (non-hydrogen) atoms. The molecule has 1 aromatic carbocycles. The number of halogens is 1. The van der Waals surface area contributed by atoms with Gasteiger partial charge in [-0.25, -0.2) is 0 Å². The van der Waals surface area contributed by atoms with Gasteiger partial charge in [0.05, 0.1) is 0 Å². The van der Waals surface area contributed by atoms with Crippen molar-refractivity contribution in [3.63, 3.8) is 0 Å². The molecule has 0 N–H and O–H groups in total. The predicted molar refractivity (Wildman–Crippen MR) is 39.2 cm³/mol. The summed E-state index contributed by atoms with van der Waals surface area (Å²) in [4.78, 5) is 0. The van der Waals surface area contributed by atoms with Crippen molar-refractivity contribution >= 4 is 22.6 Å². The van der Waals surface area contributed by atoms with Gasteiger partial charge in [-0.3, -0.25) is 0 Å². The first-order chi connectivity index (χ1) is 3.39. The molecule has 0 nitrogen and oxygen atoms in total. The quantitative estimate of drug-likeness (QED) is 0.563. The van der Waals surface area contributed by atoms with Crippen molar-refractivity contribution in [3.8, 4) is 0 Å². The minimum absolute atomic E-state index is 1.29. The molecular weight excluding hydrogens is 195 g/mol. The first kappa shape index (κ1) is 5.09. The number of rotatable bonds is 0. The lowest BCUT2D eigenvalue weighted by atomic mass is 10.4. The van der Waals surface area contributed by atoms with E-state index in [0.717, 1.165) is 0 Å². The van der Waals surface area contributed by atoms with Gasteiger partial charge in [0.1, 0.15) is 0 Å². The molecule has 0 saturated carbocycles. The topological polar surface area (TPSA) is 0 Å². The third-order valence-corrected chi connectivity index (χ3v) is 1.45. The van der Waals surface area contributed by atoms with Crippen LogP contribution in [-0.4, -0.2) is 0 Å². The van der Waals surface area contributed by atoms with Crippen LogP contribution in [0.15, 0.2) is 30.3 Å². The lowest BCUT2D eigenvalue weighted by Gasteiger charge is -1.80. The van der Waals surface area contributed by atoms with Crippen LogP contribution in [0.25, 0.3) is 0 Å². The van der Waals surface area contributed by atoms with Crippen LogP contribution in [0.2, 0.25) is 0 Å². The van der Waals surface area contributed by atoms with Gasteiger partial charge in [0.2, 0.25) is 0 Å². The summed E-state index contributed by atoms with van der Waals surface area (Å²) in [6.07, 6.45) is 0. The summed E-state index contributed by atoms with van der Waals surface area (Å²) in [5.74, 6) is 0. The Morgan fingerprint density at radius 2 is 1.57 bits per heavy atom. The first-order valence-corrected chi connectivity index (χ1v) is 3.18. The van der Waals surface area contributed by atoms with Crippen molar-refractivity contribution in [1.82, 2.24) is 0 Å². The van der Waals surface area contributed by atoms with Gasteiger partial charge in [-0.15, -0.1) is 0 Å². The van der Waals surface area contributed by atoms with Crippen LogP contribution >= 0.6 is 22.6 Å². The minimum atomic E-state index is 1.29. The molecule has 36 valence electrons. The third kappa shape index (κ3) is 1.47. The Hall–Kier alpha value is -0.0500. The molecule has 0 heterocycles. The van der Waals surface area contributed by atoms with Gasteiger partial charge in [-0.2, -0.15) is 0 Å². The van der Waals surface area contributed by atoms with Crippen LogP contribution in [0.3, 0.4) is 0 Å². The molecule has 1 heteroatoms. The van der Waals surface area contributed by atoms with Crippen molar-refractivity contribution in [3.05, 3.63) is 33.9 Å². The Kier molecular flexibility index (Phi) is 1.68. The maximum Gasteiger partial charge on any atom is 0.0130 e. The van der Waals surface area contributed by atoms with E-state index in [0.29, 0.717) is 0 Å². The van der Waals surface area contributed by atoms with E-state index < -0.39 is 0 Å². The Bertz CT molecular complexity index is 134. The molecule has 0 bridgehead atoms. The highest BCUT2D eigenvalue weighted by Crippen LogP contribution is 1.99.